The summed E-state index contributed by atoms with van der Waals surface area (Å²) in [6.45, 7) is 5.43. The Balaban J connectivity index is 1.51. The molecule has 0 aliphatic carbocycles. The first kappa shape index (κ1) is 19.8. The molecule has 1 aliphatic heterocycles. The van der Waals surface area contributed by atoms with Gasteiger partial charge in [-0.1, -0.05) is 35.9 Å². The van der Waals surface area contributed by atoms with Crippen molar-refractivity contribution in [1.82, 2.24) is 0 Å². The van der Waals surface area contributed by atoms with Crippen LogP contribution in [0.5, 0.6) is 5.75 Å². The summed E-state index contributed by atoms with van der Waals surface area (Å²) in [4.78, 5) is 12.4. The van der Waals surface area contributed by atoms with Gasteiger partial charge in [0.05, 0.1) is 17.5 Å². The monoisotopic (exact) mass is 385 g/mol. The van der Waals surface area contributed by atoms with E-state index < -0.39 is 0 Å². The average molecular weight is 386 g/mol. The number of carbonyl (C=O) groups excluding carboxylic acids is 1. The highest BCUT2D eigenvalue weighted by Gasteiger charge is 2.17. The largest absolute Gasteiger partial charge is 0.489 e. The highest BCUT2D eigenvalue weighted by atomic mass is 32.2. The average Bonchev–Trinajstić information content (AvgIpc) is 3.15. The van der Waals surface area contributed by atoms with Gasteiger partial charge in [0.15, 0.2) is 0 Å². The molecule has 4 nitrogen and oxygen atoms in total. The summed E-state index contributed by atoms with van der Waals surface area (Å²) in [5, 5.41) is 2.99. The van der Waals surface area contributed by atoms with Crippen molar-refractivity contribution in [2.75, 3.05) is 24.3 Å². The molecule has 1 amide bonds. The van der Waals surface area contributed by atoms with Crippen molar-refractivity contribution in [3.8, 4) is 5.75 Å². The van der Waals surface area contributed by atoms with Crippen molar-refractivity contribution in [3.63, 3.8) is 0 Å². The topological polar surface area (TPSA) is 47.6 Å². The molecule has 1 aliphatic rings. The highest BCUT2D eigenvalue weighted by Crippen LogP contribution is 2.27. The molecule has 1 N–H and O–H groups in total. The molecule has 1 atom stereocenters. The molecule has 1 heterocycles. The maximum absolute atomic E-state index is 12.4. The Kier molecular flexibility index (Phi) is 7.18. The number of thioether (sulfide) groups is 1. The molecule has 0 radical (unpaired) electrons. The molecule has 5 heteroatoms. The van der Waals surface area contributed by atoms with Crippen molar-refractivity contribution in [3.05, 3.63) is 59.2 Å². The van der Waals surface area contributed by atoms with Crippen molar-refractivity contribution in [1.29, 1.82) is 0 Å². The van der Waals surface area contributed by atoms with Gasteiger partial charge in [0, 0.05) is 12.4 Å². The minimum atomic E-state index is -0.0153. The summed E-state index contributed by atoms with van der Waals surface area (Å²) in [7, 11) is 0. The van der Waals surface area contributed by atoms with Crippen LogP contribution < -0.4 is 10.1 Å². The molecule has 2 aromatic carbocycles. The molecule has 0 saturated carbocycles. The van der Waals surface area contributed by atoms with E-state index in [4.69, 9.17) is 9.47 Å². The highest BCUT2D eigenvalue weighted by molar-refractivity contribution is 7.99. The first-order valence-corrected chi connectivity index (χ1v) is 10.5. The number of hydrogen-bond acceptors (Lipinski definition) is 4. The van der Waals surface area contributed by atoms with Gasteiger partial charge >= 0.3 is 0 Å². The lowest BCUT2D eigenvalue weighted by Gasteiger charge is -2.16. The van der Waals surface area contributed by atoms with Gasteiger partial charge in [0.2, 0.25) is 5.91 Å². The lowest BCUT2D eigenvalue weighted by molar-refractivity contribution is -0.113. The third kappa shape index (κ3) is 6.29. The zero-order valence-electron chi connectivity index (χ0n) is 16.0. The first-order chi connectivity index (χ1) is 13.1. The zero-order valence-corrected chi connectivity index (χ0v) is 16.8. The Bertz CT molecular complexity index is 772. The molecule has 1 unspecified atom stereocenters. The van der Waals surface area contributed by atoms with Crippen molar-refractivity contribution in [2.24, 2.45) is 0 Å². The molecule has 2 aromatic rings. The number of carbonyl (C=O) groups is 1. The number of ether oxygens (including phenoxy) is 2. The van der Waals surface area contributed by atoms with Gasteiger partial charge in [0.1, 0.15) is 12.4 Å². The molecule has 144 valence electrons. The second kappa shape index (κ2) is 9.81. The number of aryl methyl sites for hydroxylation is 2. The maximum atomic E-state index is 12.4. The van der Waals surface area contributed by atoms with Gasteiger partial charge in [-0.25, -0.2) is 0 Å². The van der Waals surface area contributed by atoms with Crippen LogP contribution in [0, 0.1) is 13.8 Å². The fraction of sp³-hybridized carbons (Fsp3) is 0.409. The van der Waals surface area contributed by atoms with Gasteiger partial charge in [-0.3, -0.25) is 4.79 Å². The van der Waals surface area contributed by atoms with Gasteiger partial charge in [-0.2, -0.15) is 0 Å². The number of nitrogens with one attached hydrogen (secondary N) is 1. The number of benzene rings is 2. The second-order valence-corrected chi connectivity index (χ2v) is 7.96. The first-order valence-electron chi connectivity index (χ1n) is 9.38. The van der Waals surface area contributed by atoms with Crippen molar-refractivity contribution >= 4 is 23.4 Å². The Morgan fingerprint density at radius 1 is 1.22 bits per heavy atom. The summed E-state index contributed by atoms with van der Waals surface area (Å²) in [5.41, 5.74) is 4.30. The molecule has 1 saturated heterocycles. The standard InChI is InChI=1S/C22H27NO3S/c1-16-5-3-6-18(11-16)14-27-15-22(24)23-20-9-8-17(2)12-21(20)26-13-19-7-4-10-25-19/h3,5-6,8-9,11-12,19H,4,7,10,13-15H2,1-2H3,(H,23,24). The minimum absolute atomic E-state index is 0.0153. The second-order valence-electron chi connectivity index (χ2n) is 6.98. The number of rotatable bonds is 8. The van der Waals surface area contributed by atoms with Crippen LogP contribution >= 0.6 is 11.8 Å². The predicted molar refractivity (Wildman–Crippen MR) is 112 cm³/mol. The molecule has 27 heavy (non-hydrogen) atoms. The summed E-state index contributed by atoms with van der Waals surface area (Å²) in [6.07, 6.45) is 2.27. The molecular weight excluding hydrogens is 358 g/mol. The third-order valence-electron chi connectivity index (χ3n) is 4.44. The lowest BCUT2D eigenvalue weighted by Crippen LogP contribution is -2.19. The van der Waals surface area contributed by atoms with E-state index in [1.165, 1.54) is 11.1 Å². The predicted octanol–water partition coefficient (Wildman–Crippen LogP) is 4.73. The number of anilines is 1. The maximum Gasteiger partial charge on any atom is 0.234 e. The molecule has 1 fully saturated rings. The summed E-state index contributed by atoms with van der Waals surface area (Å²) in [6, 6.07) is 14.2. The number of hydrogen-bond donors (Lipinski definition) is 1. The van der Waals surface area contributed by atoms with Crippen LogP contribution in [-0.4, -0.2) is 31.0 Å². The number of amides is 1. The quantitative estimate of drug-likeness (QED) is 0.713. The minimum Gasteiger partial charge on any atom is -0.489 e. The summed E-state index contributed by atoms with van der Waals surface area (Å²) >= 11 is 1.61. The van der Waals surface area contributed by atoms with Crippen molar-refractivity contribution in [2.45, 2.75) is 38.5 Å². The van der Waals surface area contributed by atoms with Gasteiger partial charge in [-0.05, 0) is 49.9 Å². The fourth-order valence-corrected chi connectivity index (χ4v) is 3.84. The lowest BCUT2D eigenvalue weighted by atomic mass is 10.2. The Labute approximate surface area is 165 Å². The van der Waals surface area contributed by atoms with Crippen LogP contribution in [0.15, 0.2) is 42.5 Å². The van der Waals surface area contributed by atoms with E-state index in [0.717, 1.165) is 36.5 Å². The Morgan fingerprint density at radius 2 is 2.07 bits per heavy atom. The zero-order chi connectivity index (χ0) is 19.1. The molecule has 0 spiro atoms. The smallest absolute Gasteiger partial charge is 0.234 e. The van der Waals surface area contributed by atoms with Crippen LogP contribution in [0.2, 0.25) is 0 Å². The molecule has 0 bridgehead atoms. The summed E-state index contributed by atoms with van der Waals surface area (Å²) in [5.74, 6) is 1.93. The summed E-state index contributed by atoms with van der Waals surface area (Å²) < 4.78 is 11.6. The van der Waals surface area contributed by atoms with E-state index in [9.17, 15) is 4.79 Å². The van der Waals surface area contributed by atoms with E-state index in [1.54, 1.807) is 11.8 Å². The van der Waals surface area contributed by atoms with E-state index >= 15 is 0 Å². The van der Waals surface area contributed by atoms with E-state index in [-0.39, 0.29) is 12.0 Å². The van der Waals surface area contributed by atoms with Crippen LogP contribution in [-0.2, 0) is 15.3 Å². The third-order valence-corrected chi connectivity index (χ3v) is 5.45. The fourth-order valence-electron chi connectivity index (χ4n) is 3.06. The van der Waals surface area contributed by atoms with Crippen molar-refractivity contribution < 1.29 is 14.3 Å². The Hall–Kier alpha value is -1.98. The molecule has 0 aromatic heterocycles. The van der Waals surface area contributed by atoms with Crippen LogP contribution in [0.25, 0.3) is 0 Å². The van der Waals surface area contributed by atoms with Crippen LogP contribution in [0.3, 0.4) is 0 Å². The molecule has 3 rings (SSSR count). The van der Waals surface area contributed by atoms with E-state index in [2.05, 4.69) is 36.5 Å². The van der Waals surface area contributed by atoms with E-state index in [0.29, 0.717) is 18.1 Å². The normalized spacial score (nSPS) is 16.3. The van der Waals surface area contributed by atoms with Gasteiger partial charge in [-0.15, -0.1) is 11.8 Å². The van der Waals surface area contributed by atoms with Crippen LogP contribution in [0.1, 0.15) is 29.5 Å². The molecular formula is C22H27NO3S. The Morgan fingerprint density at radius 3 is 2.85 bits per heavy atom. The van der Waals surface area contributed by atoms with E-state index in [1.807, 2.05) is 25.1 Å². The SMILES string of the molecule is Cc1cccc(CSCC(=O)Nc2ccc(C)cc2OCC2CCCO2)c1. The van der Waals surface area contributed by atoms with Gasteiger partial charge in [0.25, 0.3) is 0 Å². The van der Waals surface area contributed by atoms with Gasteiger partial charge < -0.3 is 14.8 Å². The van der Waals surface area contributed by atoms with Crippen LogP contribution in [0.4, 0.5) is 5.69 Å².